The molecule has 5 N–H and O–H groups in total. The molecular formula is C11H22KN3O8. The third-order valence-electron chi connectivity index (χ3n) is 1.49. The molecule has 1 atom stereocenters. The SMILES string of the molecule is C=CC(=O)NCC.CCNC(=O)C(O)CO.O=N[CH-]OOO.[K+]. The van der Waals surface area contributed by atoms with Gasteiger partial charge < -0.3 is 25.7 Å². The van der Waals surface area contributed by atoms with Crippen LogP contribution in [0.15, 0.2) is 17.8 Å². The largest absolute Gasteiger partial charge is 1.00 e. The molecule has 0 rings (SSSR count). The van der Waals surface area contributed by atoms with Gasteiger partial charge in [0.15, 0.2) is 6.10 Å². The topological polar surface area (TPSA) is 167 Å². The van der Waals surface area contributed by atoms with E-state index in [9.17, 15) is 9.59 Å². The number of amides is 2. The Hall–Kier alpha value is -0.414. The molecule has 0 bridgehead atoms. The maximum atomic E-state index is 10.5. The van der Waals surface area contributed by atoms with Gasteiger partial charge in [-0.3, -0.25) is 9.59 Å². The summed E-state index contributed by atoms with van der Waals surface area (Å²) in [6.07, 6.45) is -0.0197. The molecule has 11 nitrogen and oxygen atoms in total. The minimum atomic E-state index is -1.27. The second kappa shape index (κ2) is 26.5. The van der Waals surface area contributed by atoms with Crippen LogP contribution in [0.3, 0.4) is 0 Å². The monoisotopic (exact) mass is 363 g/mol. The van der Waals surface area contributed by atoms with E-state index in [1.807, 2.05) is 12.1 Å². The Bertz CT molecular complexity index is 307. The molecule has 0 aliphatic carbocycles. The van der Waals surface area contributed by atoms with Crippen molar-refractivity contribution < 1.29 is 86.4 Å². The van der Waals surface area contributed by atoms with Crippen LogP contribution in [0, 0.1) is 11.6 Å². The Morgan fingerprint density at radius 3 is 2.09 bits per heavy atom. The molecule has 0 heterocycles. The first-order chi connectivity index (χ1) is 10.4. The van der Waals surface area contributed by atoms with E-state index in [1.165, 1.54) is 6.08 Å². The van der Waals surface area contributed by atoms with Crippen LogP contribution >= 0.6 is 0 Å². The molecule has 0 spiro atoms. The van der Waals surface area contributed by atoms with E-state index in [1.54, 1.807) is 6.92 Å². The number of carbonyl (C=O) groups is 2. The third-order valence-corrected chi connectivity index (χ3v) is 1.49. The van der Waals surface area contributed by atoms with Crippen LogP contribution in [-0.2, 0) is 19.5 Å². The minimum absolute atomic E-state index is 0. The molecule has 0 aliphatic heterocycles. The van der Waals surface area contributed by atoms with E-state index in [0.29, 0.717) is 19.8 Å². The first kappa shape index (κ1) is 30.5. The maximum Gasteiger partial charge on any atom is 1.00 e. The van der Waals surface area contributed by atoms with Gasteiger partial charge in [-0.25, -0.2) is 10.4 Å². The van der Waals surface area contributed by atoms with Gasteiger partial charge in [-0.1, -0.05) is 13.3 Å². The van der Waals surface area contributed by atoms with Crippen molar-refractivity contribution in [1.82, 2.24) is 10.6 Å². The first-order valence-electron chi connectivity index (χ1n) is 6.02. The van der Waals surface area contributed by atoms with Crippen LogP contribution in [0.25, 0.3) is 0 Å². The van der Waals surface area contributed by atoms with Gasteiger partial charge in [0.25, 0.3) is 5.91 Å². The van der Waals surface area contributed by atoms with Crippen molar-refractivity contribution in [3.8, 4) is 0 Å². The molecular weight excluding hydrogens is 341 g/mol. The van der Waals surface area contributed by atoms with Gasteiger partial charge in [0.2, 0.25) is 5.91 Å². The number of rotatable bonds is 8. The number of hydrogen-bond acceptors (Lipinski definition) is 9. The average Bonchev–Trinajstić information content (AvgIpc) is 2.53. The normalized spacial score (nSPS) is 9.26. The van der Waals surface area contributed by atoms with E-state index in [-0.39, 0.29) is 57.3 Å². The van der Waals surface area contributed by atoms with Gasteiger partial charge in [-0.15, -0.1) is 5.04 Å². The third kappa shape index (κ3) is 30.1. The second-order valence-corrected chi connectivity index (χ2v) is 3.07. The summed E-state index contributed by atoms with van der Waals surface area (Å²) >= 11 is 0. The van der Waals surface area contributed by atoms with Crippen molar-refractivity contribution in [2.24, 2.45) is 5.18 Å². The van der Waals surface area contributed by atoms with Crippen molar-refractivity contribution in [2.75, 3.05) is 19.7 Å². The summed E-state index contributed by atoms with van der Waals surface area (Å²) in [4.78, 5) is 33.0. The summed E-state index contributed by atoms with van der Waals surface area (Å²) in [5.41, 5.74) is 0. The van der Waals surface area contributed by atoms with Crippen LogP contribution in [0.2, 0.25) is 0 Å². The molecule has 12 heteroatoms. The van der Waals surface area contributed by atoms with E-state index < -0.39 is 18.6 Å². The molecule has 1 unspecified atom stereocenters. The number of carbonyl (C=O) groups excluding carboxylic acids is 2. The molecule has 0 aliphatic rings. The van der Waals surface area contributed by atoms with E-state index in [0.717, 1.165) is 0 Å². The number of aliphatic hydroxyl groups excluding tert-OH is 2. The van der Waals surface area contributed by atoms with Crippen LogP contribution in [-0.4, -0.2) is 53.1 Å². The van der Waals surface area contributed by atoms with Crippen LogP contribution in [0.5, 0.6) is 0 Å². The number of nitrogens with one attached hydrogen (secondary N) is 2. The Kier molecular flexibility index (Phi) is 35.1. The van der Waals surface area contributed by atoms with Gasteiger partial charge in [-0.2, -0.15) is 4.91 Å². The average molecular weight is 363 g/mol. The van der Waals surface area contributed by atoms with Crippen molar-refractivity contribution >= 4 is 11.8 Å². The number of nitrogens with zero attached hydrogens (tertiary/aromatic N) is 1. The van der Waals surface area contributed by atoms with Crippen LogP contribution in [0.1, 0.15) is 13.8 Å². The number of nitroso groups, excluding NO2 is 1. The molecule has 0 radical (unpaired) electrons. The van der Waals surface area contributed by atoms with Gasteiger partial charge in [0.1, 0.15) is 0 Å². The fourth-order valence-electron chi connectivity index (χ4n) is 0.658. The van der Waals surface area contributed by atoms with Crippen molar-refractivity contribution in [2.45, 2.75) is 20.0 Å². The Labute approximate surface area is 176 Å². The Morgan fingerprint density at radius 2 is 1.87 bits per heavy atom. The Balaban J connectivity index is -0.000000118. The van der Waals surface area contributed by atoms with Crippen LogP contribution in [0.4, 0.5) is 0 Å². The number of aliphatic hydroxyl groups is 2. The maximum absolute atomic E-state index is 10.5. The molecule has 2 amide bonds. The summed E-state index contributed by atoms with van der Waals surface area (Å²) in [5.74, 6) is -0.637. The van der Waals surface area contributed by atoms with Crippen LogP contribution < -0.4 is 62.0 Å². The standard InChI is InChI=1S/C5H11NO3.C5H9NO.CH2NO4.K/c1-2-6-5(9)4(8)3-7;1-3-5(7)6-4-2;3-2-1-5-6-4;/h4,7-8H,2-3H2,1H3,(H,6,9);3H,1,4H2,2H3,(H,6,7);1,4H;/q;;-1;+1. The number of likely N-dealkylation sites (N-methyl/N-ethyl adjacent to an activating group) is 2. The minimum Gasteiger partial charge on any atom is -0.393 e. The molecule has 23 heavy (non-hydrogen) atoms. The summed E-state index contributed by atoms with van der Waals surface area (Å²) in [5, 5.41) is 33.9. The first-order valence-corrected chi connectivity index (χ1v) is 6.02. The van der Waals surface area contributed by atoms with E-state index >= 15 is 0 Å². The van der Waals surface area contributed by atoms with Gasteiger partial charge >= 0.3 is 51.4 Å². The fourth-order valence-corrected chi connectivity index (χ4v) is 0.658. The zero-order valence-corrected chi connectivity index (χ0v) is 16.5. The van der Waals surface area contributed by atoms with Crippen molar-refractivity contribution in [3.63, 3.8) is 0 Å². The van der Waals surface area contributed by atoms with Gasteiger partial charge in [-0.05, 0) is 19.9 Å². The molecule has 0 saturated carbocycles. The summed E-state index contributed by atoms with van der Waals surface area (Å²) < 4.78 is 0. The summed E-state index contributed by atoms with van der Waals surface area (Å²) in [6.45, 7) is 7.89. The predicted octanol–water partition coefficient (Wildman–Crippen LogP) is -3.92. The molecule has 0 aromatic heterocycles. The fraction of sp³-hybridized carbons (Fsp3) is 0.545. The summed E-state index contributed by atoms with van der Waals surface area (Å²) in [6, 6.07) is 0. The van der Waals surface area contributed by atoms with Gasteiger partial charge in [0, 0.05) is 13.1 Å². The smallest absolute Gasteiger partial charge is 0.393 e. The molecule has 0 aromatic carbocycles. The summed E-state index contributed by atoms with van der Waals surface area (Å²) in [7, 11) is 0. The number of hydrogen-bond donors (Lipinski definition) is 5. The molecule has 0 fully saturated rings. The van der Waals surface area contributed by atoms with Gasteiger partial charge in [0.05, 0.1) is 6.61 Å². The quantitative estimate of drug-likeness (QED) is 0.0554. The van der Waals surface area contributed by atoms with E-state index in [2.05, 4.69) is 27.1 Å². The van der Waals surface area contributed by atoms with Crippen molar-refractivity contribution in [1.29, 1.82) is 0 Å². The molecule has 130 valence electrons. The predicted molar refractivity (Wildman–Crippen MR) is 75.6 cm³/mol. The Morgan fingerprint density at radius 1 is 1.35 bits per heavy atom. The zero-order chi connectivity index (χ0) is 17.8. The molecule has 0 aromatic rings. The van der Waals surface area contributed by atoms with E-state index in [4.69, 9.17) is 20.4 Å². The zero-order valence-electron chi connectivity index (χ0n) is 13.4. The molecule has 0 saturated heterocycles. The van der Waals surface area contributed by atoms with Crippen molar-refractivity contribution in [3.05, 3.63) is 24.3 Å². The second-order valence-electron chi connectivity index (χ2n) is 3.07.